The highest BCUT2D eigenvalue weighted by Gasteiger charge is 2.37. The minimum Gasteiger partial charge on any atom is -0.466 e. The van der Waals surface area contributed by atoms with E-state index in [1.165, 1.54) is 6.92 Å². The van der Waals surface area contributed by atoms with E-state index in [2.05, 4.69) is 9.72 Å². The molecule has 0 aliphatic rings. The van der Waals surface area contributed by atoms with E-state index in [1.807, 2.05) is 0 Å². The van der Waals surface area contributed by atoms with Gasteiger partial charge in [0.05, 0.1) is 18.1 Å². The number of carbonyl (C=O) groups excluding carboxylic acids is 1. The zero-order valence-electron chi connectivity index (χ0n) is 10.1. The lowest BCUT2D eigenvalue weighted by atomic mass is 10.1. The predicted molar refractivity (Wildman–Crippen MR) is 59.5 cm³/mol. The first-order valence-corrected chi connectivity index (χ1v) is 5.74. The standard InChI is InChI=1S/C11H9ClF5NO2/c1-2-20-7(19)4-5-3-6(12)8(10(13)14)18-9(5)11(15,16)17/h3,10H,2,4H2,1H3. The Kier molecular flexibility index (Phi) is 5.27. The van der Waals surface area contributed by atoms with Crippen LogP contribution >= 0.6 is 11.6 Å². The van der Waals surface area contributed by atoms with Gasteiger partial charge in [-0.05, 0) is 18.6 Å². The second-order valence-corrected chi connectivity index (χ2v) is 4.05. The SMILES string of the molecule is CCOC(=O)Cc1cc(Cl)c(C(F)F)nc1C(F)(F)F. The van der Waals surface area contributed by atoms with Crippen molar-refractivity contribution in [2.45, 2.75) is 25.9 Å². The second kappa shape index (κ2) is 6.34. The van der Waals surface area contributed by atoms with Crippen molar-refractivity contribution in [1.29, 1.82) is 0 Å². The summed E-state index contributed by atoms with van der Waals surface area (Å²) in [6.07, 6.45) is -8.98. The van der Waals surface area contributed by atoms with Gasteiger partial charge in [0.15, 0.2) is 0 Å². The number of pyridine rings is 1. The third kappa shape index (κ3) is 4.03. The molecule has 0 saturated carbocycles. The van der Waals surface area contributed by atoms with Crippen molar-refractivity contribution in [3.05, 3.63) is 28.0 Å². The highest BCUT2D eigenvalue weighted by Crippen LogP contribution is 2.35. The molecule has 3 nitrogen and oxygen atoms in total. The lowest BCUT2D eigenvalue weighted by Crippen LogP contribution is -2.17. The number of rotatable bonds is 4. The van der Waals surface area contributed by atoms with Crippen LogP contribution in [0.1, 0.15) is 30.3 Å². The molecule has 0 aliphatic heterocycles. The molecular weight excluding hydrogens is 309 g/mol. The number of ether oxygens (including phenoxy) is 1. The van der Waals surface area contributed by atoms with Gasteiger partial charge in [-0.1, -0.05) is 11.6 Å². The molecule has 0 amide bonds. The number of nitrogens with zero attached hydrogens (tertiary/aromatic N) is 1. The summed E-state index contributed by atoms with van der Waals surface area (Å²) in [5, 5.41) is -0.632. The molecule has 9 heteroatoms. The minimum absolute atomic E-state index is 0.0174. The lowest BCUT2D eigenvalue weighted by Gasteiger charge is -2.14. The molecule has 0 N–H and O–H groups in total. The Balaban J connectivity index is 3.28. The third-order valence-electron chi connectivity index (χ3n) is 2.20. The molecule has 1 rings (SSSR count). The lowest BCUT2D eigenvalue weighted by molar-refractivity contribution is -0.144. The highest BCUT2D eigenvalue weighted by molar-refractivity contribution is 6.31. The summed E-state index contributed by atoms with van der Waals surface area (Å²) in [6.45, 7) is 1.46. The molecule has 0 spiro atoms. The van der Waals surface area contributed by atoms with Crippen LogP contribution in [0.15, 0.2) is 6.07 Å². The molecule has 0 aliphatic carbocycles. The third-order valence-corrected chi connectivity index (χ3v) is 2.50. The van der Waals surface area contributed by atoms with Crippen LogP contribution in [0.4, 0.5) is 22.0 Å². The Morgan fingerprint density at radius 2 is 2.05 bits per heavy atom. The maximum atomic E-state index is 12.8. The van der Waals surface area contributed by atoms with Crippen LogP contribution in [-0.2, 0) is 22.1 Å². The Labute approximate surface area is 115 Å². The van der Waals surface area contributed by atoms with Gasteiger partial charge in [-0.3, -0.25) is 4.79 Å². The molecule has 0 atom stereocenters. The molecule has 0 unspecified atom stereocenters. The number of aromatic nitrogens is 1. The van der Waals surface area contributed by atoms with Crippen LogP contribution in [-0.4, -0.2) is 17.6 Å². The van der Waals surface area contributed by atoms with Crippen LogP contribution in [0.5, 0.6) is 0 Å². The smallest absolute Gasteiger partial charge is 0.433 e. The Hall–Kier alpha value is -1.44. The average molecular weight is 318 g/mol. The molecule has 112 valence electrons. The zero-order valence-corrected chi connectivity index (χ0v) is 10.9. The maximum absolute atomic E-state index is 12.8. The van der Waals surface area contributed by atoms with E-state index in [1.54, 1.807) is 0 Å². The van der Waals surface area contributed by atoms with Crippen molar-refractivity contribution >= 4 is 17.6 Å². The topological polar surface area (TPSA) is 39.2 Å². The summed E-state index contributed by atoms with van der Waals surface area (Å²) in [4.78, 5) is 14.1. The number of carbonyl (C=O) groups is 1. The van der Waals surface area contributed by atoms with E-state index in [-0.39, 0.29) is 6.61 Å². The summed E-state index contributed by atoms with van der Waals surface area (Å²) >= 11 is 5.44. The van der Waals surface area contributed by atoms with Crippen LogP contribution in [0.25, 0.3) is 0 Å². The van der Waals surface area contributed by atoms with Crippen molar-refractivity contribution < 1.29 is 31.5 Å². The van der Waals surface area contributed by atoms with E-state index >= 15 is 0 Å². The van der Waals surface area contributed by atoms with Crippen LogP contribution in [0.3, 0.4) is 0 Å². The van der Waals surface area contributed by atoms with Crippen molar-refractivity contribution in [2.24, 2.45) is 0 Å². The summed E-state index contributed by atoms with van der Waals surface area (Å²) in [5.41, 5.74) is -3.35. The number of alkyl halides is 5. The molecule has 0 fully saturated rings. The van der Waals surface area contributed by atoms with Crippen molar-refractivity contribution in [3.63, 3.8) is 0 Å². The van der Waals surface area contributed by atoms with Crippen molar-refractivity contribution in [1.82, 2.24) is 4.98 Å². The first-order chi connectivity index (χ1) is 9.16. The molecule has 0 saturated heterocycles. The van der Waals surface area contributed by atoms with Gasteiger partial charge >= 0.3 is 12.1 Å². The molecule has 20 heavy (non-hydrogen) atoms. The fourth-order valence-corrected chi connectivity index (χ4v) is 1.70. The number of halogens is 6. The molecule has 1 heterocycles. The van der Waals surface area contributed by atoms with Gasteiger partial charge in [0.25, 0.3) is 6.43 Å². The first kappa shape index (κ1) is 16.6. The summed E-state index contributed by atoms with van der Waals surface area (Å²) in [5.74, 6) is -0.930. The fourth-order valence-electron chi connectivity index (χ4n) is 1.44. The van der Waals surface area contributed by atoms with E-state index < -0.39 is 47.0 Å². The Morgan fingerprint density at radius 1 is 1.45 bits per heavy atom. The summed E-state index contributed by atoms with van der Waals surface area (Å²) < 4.78 is 67.8. The number of esters is 1. The monoisotopic (exact) mass is 317 g/mol. The summed E-state index contributed by atoms with van der Waals surface area (Å²) in [7, 11) is 0. The fraction of sp³-hybridized carbons (Fsp3) is 0.455. The highest BCUT2D eigenvalue weighted by atomic mass is 35.5. The first-order valence-electron chi connectivity index (χ1n) is 5.37. The predicted octanol–water partition coefficient (Wildman–Crippen LogP) is 3.80. The van der Waals surface area contributed by atoms with E-state index in [0.29, 0.717) is 6.07 Å². The minimum atomic E-state index is -4.98. The largest absolute Gasteiger partial charge is 0.466 e. The maximum Gasteiger partial charge on any atom is 0.433 e. The number of hydrogen-bond acceptors (Lipinski definition) is 3. The van der Waals surface area contributed by atoms with E-state index in [0.717, 1.165) is 0 Å². The summed E-state index contributed by atoms with van der Waals surface area (Å²) in [6, 6.07) is 0.662. The molecule has 1 aromatic heterocycles. The zero-order chi connectivity index (χ0) is 15.5. The molecular formula is C11H9ClF5NO2. The van der Waals surface area contributed by atoms with Gasteiger partial charge in [0.1, 0.15) is 11.4 Å². The van der Waals surface area contributed by atoms with Gasteiger partial charge in [-0.2, -0.15) is 13.2 Å². The quantitative estimate of drug-likeness (QED) is 0.626. The Morgan fingerprint density at radius 3 is 2.50 bits per heavy atom. The van der Waals surface area contributed by atoms with E-state index in [4.69, 9.17) is 11.6 Å². The van der Waals surface area contributed by atoms with Gasteiger partial charge in [0.2, 0.25) is 0 Å². The normalized spacial score (nSPS) is 11.8. The molecule has 0 bridgehead atoms. The van der Waals surface area contributed by atoms with Crippen molar-refractivity contribution in [3.8, 4) is 0 Å². The molecule has 0 aromatic carbocycles. The van der Waals surface area contributed by atoms with Crippen LogP contribution < -0.4 is 0 Å². The second-order valence-electron chi connectivity index (χ2n) is 3.64. The van der Waals surface area contributed by atoms with Crippen molar-refractivity contribution in [2.75, 3.05) is 6.61 Å². The van der Waals surface area contributed by atoms with Gasteiger partial charge in [0, 0.05) is 0 Å². The van der Waals surface area contributed by atoms with Gasteiger partial charge in [-0.25, -0.2) is 13.8 Å². The number of hydrogen-bond donors (Lipinski definition) is 0. The van der Waals surface area contributed by atoms with E-state index in [9.17, 15) is 26.7 Å². The molecule has 1 aromatic rings. The average Bonchev–Trinajstić information content (AvgIpc) is 2.26. The van der Waals surface area contributed by atoms with Gasteiger partial charge in [-0.15, -0.1) is 0 Å². The van der Waals surface area contributed by atoms with Gasteiger partial charge < -0.3 is 4.74 Å². The van der Waals surface area contributed by atoms with Crippen LogP contribution in [0, 0.1) is 0 Å². The van der Waals surface area contributed by atoms with Crippen LogP contribution in [0.2, 0.25) is 5.02 Å². The Bertz CT molecular complexity index is 504. The molecule has 0 radical (unpaired) electrons.